The molecule has 2 fully saturated rings. The summed E-state index contributed by atoms with van der Waals surface area (Å²) in [5.74, 6) is -1.35. The highest BCUT2D eigenvalue weighted by Crippen LogP contribution is 2.53. The normalized spacial score (nSPS) is 24.1. The van der Waals surface area contributed by atoms with Gasteiger partial charge in [0.05, 0.1) is 17.9 Å². The van der Waals surface area contributed by atoms with Crippen LogP contribution in [0, 0.1) is 23.2 Å². The summed E-state index contributed by atoms with van der Waals surface area (Å²) in [7, 11) is 0. The third-order valence-electron chi connectivity index (χ3n) is 6.02. The summed E-state index contributed by atoms with van der Waals surface area (Å²) in [6.07, 6.45) is 8.74. The molecule has 4 heteroatoms. The van der Waals surface area contributed by atoms with Gasteiger partial charge in [0.25, 0.3) is 0 Å². The van der Waals surface area contributed by atoms with Crippen LogP contribution in [0.3, 0.4) is 0 Å². The Morgan fingerprint density at radius 2 is 1.64 bits per heavy atom. The lowest BCUT2D eigenvalue weighted by atomic mass is 9.60. The first-order chi connectivity index (χ1) is 10.6. The van der Waals surface area contributed by atoms with Crippen molar-refractivity contribution >= 4 is 11.9 Å². The molecular formula is C18H30O4. The number of carboxylic acids is 1. The van der Waals surface area contributed by atoms with E-state index >= 15 is 0 Å². The molecule has 0 aromatic carbocycles. The monoisotopic (exact) mass is 310 g/mol. The van der Waals surface area contributed by atoms with Crippen molar-refractivity contribution in [2.24, 2.45) is 23.2 Å². The summed E-state index contributed by atoms with van der Waals surface area (Å²) < 4.78 is 5.40. The van der Waals surface area contributed by atoms with Crippen molar-refractivity contribution < 1.29 is 19.4 Å². The summed E-state index contributed by atoms with van der Waals surface area (Å²) in [5.41, 5.74) is -0.826. The minimum atomic E-state index is -0.826. The molecule has 2 unspecified atom stereocenters. The quantitative estimate of drug-likeness (QED) is 0.721. The number of hydrogen-bond acceptors (Lipinski definition) is 3. The van der Waals surface area contributed by atoms with Crippen LogP contribution >= 0.6 is 0 Å². The second-order valence-electron chi connectivity index (χ2n) is 6.96. The van der Waals surface area contributed by atoms with Gasteiger partial charge < -0.3 is 9.84 Å². The zero-order chi connectivity index (χ0) is 16.2. The number of aliphatic carboxylic acids is 1. The van der Waals surface area contributed by atoms with E-state index in [1.54, 1.807) is 6.92 Å². The Kier molecular flexibility index (Phi) is 5.87. The van der Waals surface area contributed by atoms with Crippen molar-refractivity contribution in [2.75, 3.05) is 6.61 Å². The number of hydrogen-bond donors (Lipinski definition) is 1. The first kappa shape index (κ1) is 17.3. The lowest BCUT2D eigenvalue weighted by Crippen LogP contribution is -2.50. The van der Waals surface area contributed by atoms with E-state index < -0.39 is 17.3 Å². The Labute approximate surface area is 133 Å². The molecule has 0 radical (unpaired) electrons. The van der Waals surface area contributed by atoms with E-state index in [2.05, 4.69) is 0 Å². The number of carboxylic acid groups (broad SMARTS) is 1. The van der Waals surface area contributed by atoms with Crippen LogP contribution in [0.15, 0.2) is 0 Å². The fraction of sp³-hybridized carbons (Fsp3) is 0.889. The van der Waals surface area contributed by atoms with Crippen LogP contribution in [0.4, 0.5) is 0 Å². The van der Waals surface area contributed by atoms with E-state index in [1.807, 2.05) is 6.92 Å². The molecule has 2 aliphatic carbocycles. The topological polar surface area (TPSA) is 63.6 Å². The predicted octanol–water partition coefficient (Wildman–Crippen LogP) is 4.03. The smallest absolute Gasteiger partial charge is 0.313 e. The minimum Gasteiger partial charge on any atom is -0.481 e. The number of esters is 1. The van der Waals surface area contributed by atoms with Gasteiger partial charge in [0.15, 0.2) is 0 Å². The third-order valence-corrected chi connectivity index (χ3v) is 6.02. The van der Waals surface area contributed by atoms with Crippen LogP contribution in [0.5, 0.6) is 0 Å². The van der Waals surface area contributed by atoms with Crippen molar-refractivity contribution in [1.29, 1.82) is 0 Å². The Bertz CT molecular complexity index is 394. The van der Waals surface area contributed by atoms with Crippen molar-refractivity contribution in [1.82, 2.24) is 0 Å². The van der Waals surface area contributed by atoms with Crippen molar-refractivity contribution in [3.05, 3.63) is 0 Å². The van der Waals surface area contributed by atoms with Crippen LogP contribution in [0.2, 0.25) is 0 Å². The maximum Gasteiger partial charge on any atom is 0.313 e. The van der Waals surface area contributed by atoms with Gasteiger partial charge in [-0.15, -0.1) is 0 Å². The fourth-order valence-corrected chi connectivity index (χ4v) is 5.04. The fourth-order valence-electron chi connectivity index (χ4n) is 5.04. The molecule has 0 heterocycles. The van der Waals surface area contributed by atoms with Gasteiger partial charge in [-0.05, 0) is 50.9 Å². The Balaban J connectivity index is 2.42. The maximum absolute atomic E-state index is 12.9. The Morgan fingerprint density at radius 1 is 1.09 bits per heavy atom. The van der Waals surface area contributed by atoms with Crippen LogP contribution in [-0.2, 0) is 14.3 Å². The van der Waals surface area contributed by atoms with Crippen molar-refractivity contribution in [3.63, 3.8) is 0 Å². The van der Waals surface area contributed by atoms with Gasteiger partial charge in [-0.25, -0.2) is 0 Å². The summed E-state index contributed by atoms with van der Waals surface area (Å²) >= 11 is 0. The maximum atomic E-state index is 12.9. The van der Waals surface area contributed by atoms with E-state index in [-0.39, 0.29) is 17.8 Å². The first-order valence-corrected chi connectivity index (χ1v) is 8.97. The largest absolute Gasteiger partial charge is 0.481 e. The first-order valence-electron chi connectivity index (χ1n) is 8.97. The molecule has 1 N–H and O–H groups in total. The van der Waals surface area contributed by atoms with E-state index in [9.17, 15) is 14.7 Å². The summed E-state index contributed by atoms with van der Waals surface area (Å²) in [4.78, 5) is 25.1. The number of rotatable bonds is 7. The highest BCUT2D eigenvalue weighted by Gasteiger charge is 2.57. The molecule has 0 bridgehead atoms. The number of carbonyl (C=O) groups excluding carboxylic acids is 1. The molecule has 0 spiro atoms. The number of ether oxygens (including phenoxy) is 1. The average molecular weight is 310 g/mol. The van der Waals surface area contributed by atoms with Gasteiger partial charge >= 0.3 is 11.9 Å². The minimum absolute atomic E-state index is 0.127. The van der Waals surface area contributed by atoms with E-state index in [0.29, 0.717) is 13.0 Å². The lowest BCUT2D eigenvalue weighted by molar-refractivity contribution is -0.176. The molecule has 0 aliphatic heterocycles. The summed E-state index contributed by atoms with van der Waals surface area (Å²) in [6.45, 7) is 4.10. The molecule has 4 nitrogen and oxygen atoms in total. The Hall–Kier alpha value is -1.06. The third kappa shape index (κ3) is 3.02. The molecular weight excluding hydrogens is 280 g/mol. The second kappa shape index (κ2) is 7.47. The van der Waals surface area contributed by atoms with E-state index in [0.717, 1.165) is 51.4 Å². The molecule has 0 amide bonds. The van der Waals surface area contributed by atoms with Crippen LogP contribution < -0.4 is 0 Å². The van der Waals surface area contributed by atoms with Gasteiger partial charge in [-0.1, -0.05) is 32.6 Å². The molecule has 2 atom stereocenters. The lowest BCUT2D eigenvalue weighted by Gasteiger charge is -2.43. The predicted molar refractivity (Wildman–Crippen MR) is 84.4 cm³/mol. The average Bonchev–Trinajstić information content (AvgIpc) is 3.17. The second-order valence-corrected chi connectivity index (χ2v) is 6.96. The Morgan fingerprint density at radius 3 is 2.09 bits per heavy atom. The molecule has 2 saturated carbocycles. The standard InChI is InChI=1S/C18H30O4/c1-3-18(17(21)22-4-2,14-11-7-8-12-14)15(16(19)20)13-9-5-6-10-13/h13-15H,3-12H2,1-2H3,(H,19,20). The van der Waals surface area contributed by atoms with Gasteiger partial charge in [-0.2, -0.15) is 0 Å². The molecule has 0 aromatic heterocycles. The zero-order valence-electron chi connectivity index (χ0n) is 14.0. The SMILES string of the molecule is CCOC(=O)C(CC)(C1CCCC1)C(C(=O)O)C1CCCC1. The van der Waals surface area contributed by atoms with E-state index in [1.165, 1.54) is 0 Å². The summed E-state index contributed by atoms with van der Waals surface area (Å²) in [5, 5.41) is 9.97. The van der Waals surface area contributed by atoms with Crippen LogP contribution in [0.1, 0.15) is 71.6 Å². The van der Waals surface area contributed by atoms with Gasteiger partial charge in [0, 0.05) is 0 Å². The van der Waals surface area contributed by atoms with Crippen LogP contribution in [0.25, 0.3) is 0 Å². The zero-order valence-corrected chi connectivity index (χ0v) is 14.0. The van der Waals surface area contributed by atoms with Gasteiger partial charge in [-0.3, -0.25) is 9.59 Å². The molecule has 0 saturated heterocycles. The molecule has 0 aromatic rings. The van der Waals surface area contributed by atoms with Gasteiger partial charge in [0.1, 0.15) is 0 Å². The molecule has 2 aliphatic rings. The number of carbonyl (C=O) groups is 2. The van der Waals surface area contributed by atoms with Crippen molar-refractivity contribution in [2.45, 2.75) is 71.6 Å². The van der Waals surface area contributed by atoms with Crippen LogP contribution in [-0.4, -0.2) is 23.7 Å². The van der Waals surface area contributed by atoms with E-state index in [4.69, 9.17) is 4.74 Å². The highest BCUT2D eigenvalue weighted by atomic mass is 16.5. The molecule has 22 heavy (non-hydrogen) atoms. The van der Waals surface area contributed by atoms with Gasteiger partial charge in [0.2, 0.25) is 0 Å². The van der Waals surface area contributed by atoms with Crippen molar-refractivity contribution in [3.8, 4) is 0 Å². The summed E-state index contributed by atoms with van der Waals surface area (Å²) in [6, 6.07) is 0. The molecule has 2 rings (SSSR count). The highest BCUT2D eigenvalue weighted by molar-refractivity contribution is 5.85. The molecule has 126 valence electrons.